The highest BCUT2D eigenvalue weighted by atomic mass is 15.3. The predicted molar refractivity (Wildman–Crippen MR) is 66.2 cm³/mol. The summed E-state index contributed by atoms with van der Waals surface area (Å²) in [5.74, 6) is 1.05. The minimum atomic E-state index is 0.914. The van der Waals surface area contributed by atoms with Crippen molar-refractivity contribution in [3.05, 3.63) is 11.6 Å². The standard InChI is InChI=1S/C12H23N3/c1-14(2)12(15(3)4)13-10-9-11-7-5-6-8-11/h7H,5-6,8-10H2,1-4H3. The predicted octanol–water partition coefficient (Wildman–Crippen LogP) is 1.97. The fourth-order valence-corrected chi connectivity index (χ4v) is 1.95. The average molecular weight is 209 g/mol. The quantitative estimate of drug-likeness (QED) is 0.402. The Balaban J connectivity index is 2.39. The second-order valence-corrected chi connectivity index (χ2v) is 4.48. The van der Waals surface area contributed by atoms with Gasteiger partial charge in [-0.15, -0.1) is 0 Å². The van der Waals surface area contributed by atoms with E-state index in [1.54, 1.807) is 5.57 Å². The molecule has 0 spiro atoms. The van der Waals surface area contributed by atoms with Crippen LogP contribution in [0.2, 0.25) is 0 Å². The van der Waals surface area contributed by atoms with Crippen molar-refractivity contribution in [2.45, 2.75) is 25.7 Å². The molecule has 0 aromatic heterocycles. The van der Waals surface area contributed by atoms with E-state index in [0.29, 0.717) is 0 Å². The van der Waals surface area contributed by atoms with Crippen LogP contribution in [0, 0.1) is 0 Å². The molecule has 0 fully saturated rings. The molecule has 0 aromatic carbocycles. The molecule has 0 saturated heterocycles. The first-order valence-corrected chi connectivity index (χ1v) is 5.68. The number of hydrogen-bond acceptors (Lipinski definition) is 1. The lowest BCUT2D eigenvalue weighted by Gasteiger charge is -2.22. The first kappa shape index (κ1) is 12.1. The maximum absolute atomic E-state index is 4.61. The van der Waals surface area contributed by atoms with Crippen LogP contribution >= 0.6 is 0 Å². The molecule has 3 heteroatoms. The number of allylic oxidation sites excluding steroid dienone is 1. The fraction of sp³-hybridized carbons (Fsp3) is 0.750. The van der Waals surface area contributed by atoms with Gasteiger partial charge in [-0.25, -0.2) is 0 Å². The van der Waals surface area contributed by atoms with Crippen molar-refractivity contribution in [1.29, 1.82) is 0 Å². The molecule has 3 nitrogen and oxygen atoms in total. The van der Waals surface area contributed by atoms with Crippen LogP contribution in [-0.4, -0.2) is 50.5 Å². The molecule has 15 heavy (non-hydrogen) atoms. The van der Waals surface area contributed by atoms with Crippen LogP contribution in [0.1, 0.15) is 25.7 Å². The van der Waals surface area contributed by atoms with E-state index < -0.39 is 0 Å². The molecule has 0 saturated carbocycles. The summed E-state index contributed by atoms with van der Waals surface area (Å²) in [4.78, 5) is 8.73. The van der Waals surface area contributed by atoms with Gasteiger partial charge in [0.15, 0.2) is 5.96 Å². The van der Waals surface area contributed by atoms with Crippen molar-refractivity contribution in [2.24, 2.45) is 4.99 Å². The van der Waals surface area contributed by atoms with Gasteiger partial charge in [0.2, 0.25) is 0 Å². The Morgan fingerprint density at radius 1 is 1.27 bits per heavy atom. The monoisotopic (exact) mass is 209 g/mol. The Morgan fingerprint density at radius 3 is 2.40 bits per heavy atom. The average Bonchev–Trinajstić information content (AvgIpc) is 2.63. The lowest BCUT2D eigenvalue weighted by Crippen LogP contribution is -2.35. The summed E-state index contributed by atoms with van der Waals surface area (Å²) in [6.07, 6.45) is 7.40. The third-order valence-corrected chi connectivity index (χ3v) is 2.62. The fourth-order valence-electron chi connectivity index (χ4n) is 1.95. The summed E-state index contributed by atoms with van der Waals surface area (Å²) in [5.41, 5.74) is 1.59. The van der Waals surface area contributed by atoms with Crippen molar-refractivity contribution in [3.8, 4) is 0 Å². The number of nitrogens with zero attached hydrogens (tertiary/aromatic N) is 3. The molecule has 0 N–H and O–H groups in total. The highest BCUT2D eigenvalue weighted by molar-refractivity contribution is 5.79. The largest absolute Gasteiger partial charge is 0.349 e. The van der Waals surface area contributed by atoms with E-state index in [0.717, 1.165) is 18.9 Å². The molecule has 1 rings (SSSR count). The van der Waals surface area contributed by atoms with E-state index in [1.807, 2.05) is 28.2 Å². The zero-order valence-corrected chi connectivity index (χ0v) is 10.5. The van der Waals surface area contributed by atoms with Crippen molar-refractivity contribution in [1.82, 2.24) is 9.80 Å². The molecular weight excluding hydrogens is 186 g/mol. The Bertz CT molecular complexity index is 242. The summed E-state index contributed by atoms with van der Waals surface area (Å²) in [6, 6.07) is 0. The van der Waals surface area contributed by atoms with E-state index in [4.69, 9.17) is 0 Å². The third-order valence-electron chi connectivity index (χ3n) is 2.62. The molecule has 1 aliphatic rings. The van der Waals surface area contributed by atoms with Crippen LogP contribution in [-0.2, 0) is 0 Å². The molecule has 0 unspecified atom stereocenters. The highest BCUT2D eigenvalue weighted by Crippen LogP contribution is 2.20. The number of hydrogen-bond donors (Lipinski definition) is 0. The maximum atomic E-state index is 4.61. The van der Waals surface area contributed by atoms with E-state index in [-0.39, 0.29) is 0 Å². The normalized spacial score (nSPS) is 14.8. The van der Waals surface area contributed by atoms with E-state index >= 15 is 0 Å². The van der Waals surface area contributed by atoms with Crippen LogP contribution in [0.15, 0.2) is 16.6 Å². The second-order valence-electron chi connectivity index (χ2n) is 4.48. The van der Waals surface area contributed by atoms with Gasteiger partial charge in [0.25, 0.3) is 0 Å². The van der Waals surface area contributed by atoms with E-state index in [1.165, 1.54) is 19.3 Å². The summed E-state index contributed by atoms with van der Waals surface area (Å²) in [6.45, 7) is 0.914. The molecule has 1 aliphatic carbocycles. The third kappa shape index (κ3) is 3.94. The molecule has 86 valence electrons. The smallest absolute Gasteiger partial charge is 0.195 e. The molecule has 0 heterocycles. The van der Waals surface area contributed by atoms with Crippen molar-refractivity contribution in [3.63, 3.8) is 0 Å². The van der Waals surface area contributed by atoms with E-state index in [9.17, 15) is 0 Å². The Morgan fingerprint density at radius 2 is 1.93 bits per heavy atom. The van der Waals surface area contributed by atoms with Gasteiger partial charge in [-0.3, -0.25) is 4.99 Å². The number of aliphatic imine (C=N–C) groups is 1. The first-order valence-electron chi connectivity index (χ1n) is 5.68. The summed E-state index contributed by atoms with van der Waals surface area (Å²) < 4.78 is 0. The van der Waals surface area contributed by atoms with Crippen LogP contribution < -0.4 is 0 Å². The van der Waals surface area contributed by atoms with E-state index in [2.05, 4.69) is 20.9 Å². The van der Waals surface area contributed by atoms with Crippen LogP contribution in [0.5, 0.6) is 0 Å². The van der Waals surface area contributed by atoms with Gasteiger partial charge in [-0.05, 0) is 25.7 Å². The van der Waals surface area contributed by atoms with Crippen molar-refractivity contribution < 1.29 is 0 Å². The van der Waals surface area contributed by atoms with Crippen molar-refractivity contribution >= 4 is 5.96 Å². The Kier molecular flexibility index (Phi) is 4.66. The van der Waals surface area contributed by atoms with Gasteiger partial charge in [0.05, 0.1) is 0 Å². The maximum Gasteiger partial charge on any atom is 0.195 e. The molecule has 0 amide bonds. The highest BCUT2D eigenvalue weighted by Gasteiger charge is 2.06. The van der Waals surface area contributed by atoms with Gasteiger partial charge < -0.3 is 9.80 Å². The molecule has 0 bridgehead atoms. The lowest BCUT2D eigenvalue weighted by atomic mass is 10.2. The van der Waals surface area contributed by atoms with Crippen LogP contribution in [0.3, 0.4) is 0 Å². The van der Waals surface area contributed by atoms with Gasteiger partial charge in [-0.1, -0.05) is 11.6 Å². The molecule has 0 radical (unpaired) electrons. The number of rotatable bonds is 3. The molecule has 0 aromatic rings. The topological polar surface area (TPSA) is 18.8 Å². The molecule has 0 atom stereocenters. The molecular formula is C12H23N3. The zero-order chi connectivity index (χ0) is 11.3. The number of guanidine groups is 1. The van der Waals surface area contributed by atoms with Gasteiger partial charge in [0, 0.05) is 34.7 Å². The molecule has 0 aliphatic heterocycles. The zero-order valence-electron chi connectivity index (χ0n) is 10.5. The Labute approximate surface area is 93.5 Å². The van der Waals surface area contributed by atoms with Crippen LogP contribution in [0.4, 0.5) is 0 Å². The SMILES string of the molecule is CN(C)C(=NCCC1=CCCC1)N(C)C. The van der Waals surface area contributed by atoms with Gasteiger partial charge >= 0.3 is 0 Å². The minimum Gasteiger partial charge on any atom is -0.349 e. The lowest BCUT2D eigenvalue weighted by molar-refractivity contribution is 0.479. The van der Waals surface area contributed by atoms with Crippen molar-refractivity contribution in [2.75, 3.05) is 34.7 Å². The summed E-state index contributed by atoms with van der Waals surface area (Å²) in [7, 11) is 8.14. The van der Waals surface area contributed by atoms with Crippen LogP contribution in [0.25, 0.3) is 0 Å². The van der Waals surface area contributed by atoms with Gasteiger partial charge in [-0.2, -0.15) is 0 Å². The summed E-state index contributed by atoms with van der Waals surface area (Å²) in [5, 5.41) is 0. The summed E-state index contributed by atoms with van der Waals surface area (Å²) >= 11 is 0. The first-order chi connectivity index (χ1) is 7.11. The van der Waals surface area contributed by atoms with Gasteiger partial charge in [0.1, 0.15) is 0 Å². The Hall–Kier alpha value is -0.990. The minimum absolute atomic E-state index is 0.914. The second kappa shape index (κ2) is 5.79.